The number of ether oxygens (including phenoxy) is 3. The van der Waals surface area contributed by atoms with Crippen LogP contribution >= 0.6 is 0 Å². The van der Waals surface area contributed by atoms with Gasteiger partial charge in [0.2, 0.25) is 11.8 Å². The van der Waals surface area contributed by atoms with Crippen LogP contribution in [0.5, 0.6) is 0 Å². The minimum atomic E-state index is -1.52. The highest BCUT2D eigenvalue weighted by Gasteiger charge is 2.44. The molecule has 0 bridgehead atoms. The number of rotatable bonds is 13. The number of nitrogens with zero attached hydrogens (tertiary/aromatic N) is 1. The summed E-state index contributed by atoms with van der Waals surface area (Å²) in [4.78, 5) is 42.0. The number of cyclic esters (lactones) is 1. The van der Waals surface area contributed by atoms with E-state index in [0.717, 1.165) is 5.56 Å². The molecule has 6 unspecified atom stereocenters. The van der Waals surface area contributed by atoms with Crippen molar-refractivity contribution in [3.63, 3.8) is 0 Å². The fourth-order valence-electron chi connectivity index (χ4n) is 6.42. The van der Waals surface area contributed by atoms with E-state index < -0.39 is 79.4 Å². The number of carbonyl (C=O) groups excluding carboxylic acids is 3. The van der Waals surface area contributed by atoms with Crippen LogP contribution in [0.15, 0.2) is 30.3 Å². The quantitative estimate of drug-likeness (QED) is 0.129. The molecule has 48 heavy (non-hydrogen) atoms. The van der Waals surface area contributed by atoms with E-state index in [1.54, 1.807) is 14.0 Å². The highest BCUT2D eigenvalue weighted by molar-refractivity contribution is 5.91. The number of unbranched alkanes of at least 4 members (excludes halogenated alkanes) is 1. The van der Waals surface area contributed by atoms with Crippen LogP contribution in [0, 0.1) is 11.8 Å². The minimum Gasteiger partial charge on any atom is -0.460 e. The van der Waals surface area contributed by atoms with Gasteiger partial charge in [-0.2, -0.15) is 0 Å². The summed E-state index contributed by atoms with van der Waals surface area (Å²) in [6.07, 6.45) is -5.60. The predicted octanol–water partition coefficient (Wildman–Crippen LogP) is 1.06. The lowest BCUT2D eigenvalue weighted by molar-refractivity contribution is -0.310. The van der Waals surface area contributed by atoms with Gasteiger partial charge in [-0.05, 0) is 37.2 Å². The average Bonchev–Trinajstić information content (AvgIpc) is 3.05. The number of carbonyl (C=O) groups is 3. The molecule has 2 saturated heterocycles. The van der Waals surface area contributed by atoms with Gasteiger partial charge in [0.1, 0.15) is 42.6 Å². The first-order valence-electron chi connectivity index (χ1n) is 17.2. The van der Waals surface area contributed by atoms with E-state index in [4.69, 9.17) is 14.2 Å². The molecule has 2 heterocycles. The SMILES string of the molecule is CCC(C)C1C(=O)OC(C(C)CCCC[C@@H](C)O[C@@H]2O[C@H](CO)[C@@H](O)[C@H](O)[C@@H]2O)CC(O)CC(=O)NC(Cc2ccccc2)C(=O)N1C. The molecule has 2 aliphatic heterocycles. The van der Waals surface area contributed by atoms with Crippen LogP contribution in [0.4, 0.5) is 0 Å². The van der Waals surface area contributed by atoms with Crippen molar-refractivity contribution in [1.82, 2.24) is 10.2 Å². The third-order valence-electron chi connectivity index (χ3n) is 9.67. The summed E-state index contributed by atoms with van der Waals surface area (Å²) in [6.45, 7) is 6.99. The summed E-state index contributed by atoms with van der Waals surface area (Å²) in [5, 5.41) is 53.4. The molecule has 0 saturated carbocycles. The van der Waals surface area contributed by atoms with Crippen LogP contribution in [-0.2, 0) is 35.0 Å². The lowest BCUT2D eigenvalue weighted by Crippen LogP contribution is -2.59. The summed E-state index contributed by atoms with van der Waals surface area (Å²) in [7, 11) is 1.57. The van der Waals surface area contributed by atoms with Crippen LogP contribution in [0.1, 0.15) is 78.2 Å². The van der Waals surface area contributed by atoms with Gasteiger partial charge in [0, 0.05) is 19.9 Å². The average molecular weight is 681 g/mol. The van der Waals surface area contributed by atoms with Crippen LogP contribution in [0.2, 0.25) is 0 Å². The van der Waals surface area contributed by atoms with Gasteiger partial charge in [-0.15, -0.1) is 0 Å². The molecule has 13 heteroatoms. The molecule has 1 aromatic carbocycles. The van der Waals surface area contributed by atoms with Crippen LogP contribution < -0.4 is 5.32 Å². The number of hydrogen-bond acceptors (Lipinski definition) is 11. The topological polar surface area (TPSA) is 195 Å². The van der Waals surface area contributed by atoms with Crippen LogP contribution in [-0.4, -0.2) is 123 Å². The third-order valence-corrected chi connectivity index (χ3v) is 9.67. The van der Waals surface area contributed by atoms with Crippen LogP contribution in [0.25, 0.3) is 0 Å². The first-order chi connectivity index (χ1) is 22.8. The van der Waals surface area contributed by atoms with E-state index in [-0.39, 0.29) is 37.2 Å². The zero-order chi connectivity index (χ0) is 35.5. The molecule has 272 valence electrons. The number of esters is 1. The highest BCUT2D eigenvalue weighted by atomic mass is 16.7. The molecule has 0 radical (unpaired) electrons. The number of benzene rings is 1. The Balaban J connectivity index is 1.65. The molecule has 3 rings (SSSR count). The van der Waals surface area contributed by atoms with E-state index in [2.05, 4.69) is 5.32 Å². The van der Waals surface area contributed by atoms with Crippen molar-refractivity contribution in [2.75, 3.05) is 13.7 Å². The maximum atomic E-state index is 13.8. The Hall–Kier alpha value is -2.65. The Morgan fingerprint density at radius 3 is 2.27 bits per heavy atom. The zero-order valence-corrected chi connectivity index (χ0v) is 28.8. The molecule has 1 aromatic rings. The van der Waals surface area contributed by atoms with E-state index in [1.165, 1.54) is 4.90 Å². The number of likely N-dealkylation sites (N-methyl/N-ethyl adjacent to an activating group) is 1. The second-order valence-corrected chi connectivity index (χ2v) is 13.6. The van der Waals surface area contributed by atoms with E-state index in [1.807, 2.05) is 51.1 Å². The molecule has 0 spiro atoms. The number of amides is 2. The smallest absolute Gasteiger partial charge is 0.329 e. The fraction of sp³-hybridized carbons (Fsp3) is 0.743. The second-order valence-electron chi connectivity index (χ2n) is 13.6. The number of aliphatic hydroxyl groups is 5. The fourth-order valence-corrected chi connectivity index (χ4v) is 6.42. The largest absolute Gasteiger partial charge is 0.460 e. The van der Waals surface area contributed by atoms with Gasteiger partial charge >= 0.3 is 5.97 Å². The lowest BCUT2D eigenvalue weighted by Gasteiger charge is -2.40. The van der Waals surface area contributed by atoms with E-state index >= 15 is 0 Å². The second kappa shape index (κ2) is 18.9. The van der Waals surface area contributed by atoms with Gasteiger partial charge in [0.05, 0.1) is 25.2 Å². The summed E-state index contributed by atoms with van der Waals surface area (Å²) in [6, 6.07) is 7.49. The van der Waals surface area contributed by atoms with Crippen molar-refractivity contribution in [2.45, 2.75) is 140 Å². The summed E-state index contributed by atoms with van der Waals surface area (Å²) >= 11 is 0. The van der Waals surface area contributed by atoms with Crippen molar-refractivity contribution in [3.05, 3.63) is 35.9 Å². The molecule has 13 nitrogen and oxygen atoms in total. The van der Waals surface area contributed by atoms with Gasteiger partial charge in [-0.25, -0.2) is 4.79 Å². The highest BCUT2D eigenvalue weighted by Crippen LogP contribution is 2.27. The van der Waals surface area contributed by atoms with Crippen molar-refractivity contribution in [3.8, 4) is 0 Å². The minimum absolute atomic E-state index is 0.0607. The Morgan fingerprint density at radius 2 is 1.62 bits per heavy atom. The molecule has 6 N–H and O–H groups in total. The first kappa shape index (κ1) is 39.8. The van der Waals surface area contributed by atoms with E-state index in [9.17, 15) is 39.9 Å². The molecule has 2 fully saturated rings. The Morgan fingerprint density at radius 1 is 0.958 bits per heavy atom. The lowest BCUT2D eigenvalue weighted by atomic mass is 9.91. The molecule has 0 aromatic heterocycles. The maximum absolute atomic E-state index is 13.8. The third kappa shape index (κ3) is 10.9. The Labute approximate surface area is 283 Å². The molecular weight excluding hydrogens is 624 g/mol. The van der Waals surface area contributed by atoms with Gasteiger partial charge < -0.3 is 50.0 Å². The number of aliphatic hydroxyl groups excluding tert-OH is 5. The summed E-state index contributed by atoms with van der Waals surface area (Å²) < 4.78 is 17.3. The summed E-state index contributed by atoms with van der Waals surface area (Å²) in [5.74, 6) is -1.82. The normalized spacial score (nSPS) is 32.8. The van der Waals surface area contributed by atoms with Gasteiger partial charge in [-0.3, -0.25) is 9.59 Å². The standard InChI is InChI=1S/C35H56N2O11/c1-6-20(2)29-34(45)47-26(17-24(39)18-28(40)36-25(33(44)37(29)5)16-23-14-8-7-9-15-23)21(3)12-10-11-13-22(4)46-35-32(43)31(42)30(41)27(19-38)48-35/h7-9,14-15,20-22,24-27,29-32,35,38-39,41-43H,6,10-13,16-19H2,1-5H3,(H,36,40)/t20?,21?,22-,24?,25?,26?,27-,29?,30-,31+,32+,35-/m1/s1. The Bertz CT molecular complexity index is 1150. The molecule has 2 aliphatic rings. The molecule has 0 aliphatic carbocycles. The monoisotopic (exact) mass is 680 g/mol. The number of nitrogens with one attached hydrogen (secondary N) is 1. The van der Waals surface area contributed by atoms with Gasteiger partial charge in [0.15, 0.2) is 6.29 Å². The van der Waals surface area contributed by atoms with Crippen molar-refractivity contribution in [1.29, 1.82) is 0 Å². The van der Waals surface area contributed by atoms with Crippen molar-refractivity contribution >= 4 is 17.8 Å². The van der Waals surface area contributed by atoms with E-state index in [0.29, 0.717) is 32.1 Å². The first-order valence-corrected chi connectivity index (χ1v) is 17.2. The van der Waals surface area contributed by atoms with Gasteiger partial charge in [0.25, 0.3) is 0 Å². The van der Waals surface area contributed by atoms with Crippen LogP contribution in [0.3, 0.4) is 0 Å². The molecule has 2 amide bonds. The predicted molar refractivity (Wildman–Crippen MR) is 175 cm³/mol. The summed E-state index contributed by atoms with van der Waals surface area (Å²) in [5.41, 5.74) is 0.851. The Kier molecular flexibility index (Phi) is 15.7. The molecular formula is C35H56N2O11. The maximum Gasteiger partial charge on any atom is 0.329 e. The molecule has 12 atom stereocenters. The zero-order valence-electron chi connectivity index (χ0n) is 28.8. The van der Waals surface area contributed by atoms with Gasteiger partial charge in [-0.1, -0.05) is 70.4 Å². The van der Waals surface area contributed by atoms with Crippen molar-refractivity contribution < 1.29 is 54.1 Å². The number of hydrogen-bond donors (Lipinski definition) is 6. The van der Waals surface area contributed by atoms with Crippen molar-refractivity contribution in [2.24, 2.45) is 11.8 Å².